The van der Waals surface area contributed by atoms with E-state index in [1.54, 1.807) is 24.5 Å². The number of alkyl halides is 3. The van der Waals surface area contributed by atoms with E-state index in [1.165, 1.54) is 0 Å². The van der Waals surface area contributed by atoms with Crippen molar-refractivity contribution in [2.75, 3.05) is 0 Å². The zero-order valence-electron chi connectivity index (χ0n) is 9.52. The van der Waals surface area contributed by atoms with E-state index in [0.717, 1.165) is 5.56 Å². The zero-order chi connectivity index (χ0) is 13.9. The highest BCUT2D eigenvalue weighted by atomic mass is 19.4. The normalized spacial score (nSPS) is 11.5. The van der Waals surface area contributed by atoms with Gasteiger partial charge >= 0.3 is 6.18 Å². The standard InChI is InChI=1S/C11H8F3N3O2/c12-11(13,14)8(18)5-10-16-9(17-19-10)4-7-2-1-3-15-6-7/h1-3,6H,4-5H2. The molecule has 0 aliphatic rings. The van der Waals surface area contributed by atoms with Gasteiger partial charge in [-0.3, -0.25) is 9.78 Å². The van der Waals surface area contributed by atoms with Gasteiger partial charge in [-0.1, -0.05) is 11.2 Å². The van der Waals surface area contributed by atoms with Crippen LogP contribution in [0.2, 0.25) is 0 Å². The van der Waals surface area contributed by atoms with E-state index >= 15 is 0 Å². The van der Waals surface area contributed by atoms with Crippen molar-refractivity contribution in [1.29, 1.82) is 0 Å². The summed E-state index contributed by atoms with van der Waals surface area (Å²) in [6.07, 6.45) is -2.39. The summed E-state index contributed by atoms with van der Waals surface area (Å²) in [5.41, 5.74) is 0.789. The minimum atomic E-state index is -4.89. The molecule has 19 heavy (non-hydrogen) atoms. The first-order valence-corrected chi connectivity index (χ1v) is 5.25. The minimum Gasteiger partial charge on any atom is -0.339 e. The molecule has 2 heterocycles. The van der Waals surface area contributed by atoms with Gasteiger partial charge in [-0.2, -0.15) is 18.2 Å². The Bertz CT molecular complexity index is 566. The predicted molar refractivity (Wildman–Crippen MR) is 56.1 cm³/mol. The first-order chi connectivity index (χ1) is 8.95. The number of carbonyl (C=O) groups is 1. The number of ketones is 1. The second kappa shape index (κ2) is 5.17. The maximum absolute atomic E-state index is 12.0. The van der Waals surface area contributed by atoms with Crippen LogP contribution >= 0.6 is 0 Å². The Morgan fingerprint density at radius 3 is 2.79 bits per heavy atom. The van der Waals surface area contributed by atoms with E-state index in [4.69, 9.17) is 0 Å². The largest absolute Gasteiger partial charge is 0.450 e. The average Bonchev–Trinajstić information content (AvgIpc) is 2.76. The number of hydrogen-bond acceptors (Lipinski definition) is 5. The second-order valence-electron chi connectivity index (χ2n) is 3.74. The van der Waals surface area contributed by atoms with Crippen LogP contribution in [0.15, 0.2) is 29.0 Å². The van der Waals surface area contributed by atoms with Crippen molar-refractivity contribution < 1.29 is 22.5 Å². The first-order valence-electron chi connectivity index (χ1n) is 5.25. The fraction of sp³-hybridized carbons (Fsp3) is 0.273. The Morgan fingerprint density at radius 2 is 2.16 bits per heavy atom. The molecule has 0 spiro atoms. The van der Waals surface area contributed by atoms with Crippen LogP contribution in [0.1, 0.15) is 17.3 Å². The third-order valence-electron chi connectivity index (χ3n) is 2.22. The van der Waals surface area contributed by atoms with Gasteiger partial charge in [0.15, 0.2) is 5.82 Å². The number of halogens is 3. The predicted octanol–water partition coefficient (Wildman–Crippen LogP) is 1.73. The lowest BCUT2D eigenvalue weighted by Crippen LogP contribution is -2.24. The Balaban J connectivity index is 2.02. The molecule has 0 atom stereocenters. The van der Waals surface area contributed by atoms with Gasteiger partial charge in [-0.25, -0.2) is 0 Å². The Hall–Kier alpha value is -2.25. The highest BCUT2D eigenvalue weighted by molar-refractivity contribution is 5.85. The minimum absolute atomic E-state index is 0.206. The number of rotatable bonds is 4. The fourth-order valence-electron chi connectivity index (χ4n) is 1.36. The molecule has 0 fully saturated rings. The molecular weight excluding hydrogens is 263 g/mol. The lowest BCUT2D eigenvalue weighted by molar-refractivity contribution is -0.170. The SMILES string of the molecule is O=C(Cc1nc(Cc2cccnc2)no1)C(F)(F)F. The molecule has 0 bridgehead atoms. The quantitative estimate of drug-likeness (QED) is 0.847. The van der Waals surface area contributed by atoms with E-state index in [9.17, 15) is 18.0 Å². The maximum Gasteiger partial charge on any atom is 0.450 e. The van der Waals surface area contributed by atoms with Gasteiger partial charge in [0, 0.05) is 18.8 Å². The number of Topliss-reactive ketones (excluding diaryl/α,β-unsaturated/α-hetero) is 1. The molecule has 0 saturated carbocycles. The van der Waals surface area contributed by atoms with Crippen molar-refractivity contribution in [3.05, 3.63) is 41.8 Å². The third-order valence-corrected chi connectivity index (χ3v) is 2.22. The van der Waals surface area contributed by atoms with E-state index in [-0.39, 0.29) is 18.1 Å². The summed E-state index contributed by atoms with van der Waals surface area (Å²) in [5.74, 6) is -2.05. The van der Waals surface area contributed by atoms with Crippen molar-refractivity contribution in [3.8, 4) is 0 Å². The molecular formula is C11H8F3N3O2. The molecule has 0 amide bonds. The lowest BCUT2D eigenvalue weighted by atomic mass is 10.2. The number of aromatic nitrogens is 3. The summed E-state index contributed by atoms with van der Waals surface area (Å²) in [4.78, 5) is 18.4. The fourth-order valence-corrected chi connectivity index (χ4v) is 1.36. The van der Waals surface area contributed by atoms with Crippen LogP contribution in [0.4, 0.5) is 13.2 Å². The summed E-state index contributed by atoms with van der Waals surface area (Å²) in [6.45, 7) is 0. The molecule has 0 unspecified atom stereocenters. The molecule has 2 aromatic heterocycles. The Morgan fingerprint density at radius 1 is 1.37 bits per heavy atom. The van der Waals surface area contributed by atoms with Gasteiger partial charge in [0.25, 0.3) is 0 Å². The molecule has 8 heteroatoms. The van der Waals surface area contributed by atoms with Crippen LogP contribution in [0.3, 0.4) is 0 Å². The molecule has 0 radical (unpaired) electrons. The van der Waals surface area contributed by atoms with E-state index in [2.05, 4.69) is 19.6 Å². The molecule has 0 aromatic carbocycles. The van der Waals surface area contributed by atoms with Crippen LogP contribution in [-0.2, 0) is 17.6 Å². The monoisotopic (exact) mass is 271 g/mol. The lowest BCUT2D eigenvalue weighted by Gasteiger charge is -2.00. The zero-order valence-corrected chi connectivity index (χ0v) is 9.52. The van der Waals surface area contributed by atoms with Crippen LogP contribution in [0, 0.1) is 0 Å². The molecule has 0 saturated heterocycles. The van der Waals surface area contributed by atoms with Crippen LogP contribution in [0.5, 0.6) is 0 Å². The molecule has 5 nitrogen and oxygen atoms in total. The summed E-state index contributed by atoms with van der Waals surface area (Å²) in [7, 11) is 0. The second-order valence-corrected chi connectivity index (χ2v) is 3.74. The van der Waals surface area contributed by atoms with Gasteiger partial charge in [0.1, 0.15) is 0 Å². The summed E-state index contributed by atoms with van der Waals surface area (Å²) < 4.78 is 40.7. The topological polar surface area (TPSA) is 68.9 Å². The van der Waals surface area contributed by atoms with Crippen molar-refractivity contribution >= 4 is 5.78 Å². The molecule has 2 aromatic rings. The van der Waals surface area contributed by atoms with E-state index in [0.29, 0.717) is 0 Å². The number of carbonyl (C=O) groups excluding carboxylic acids is 1. The van der Waals surface area contributed by atoms with Gasteiger partial charge in [0.2, 0.25) is 11.7 Å². The number of hydrogen-bond donors (Lipinski definition) is 0. The number of pyridine rings is 1. The molecule has 0 aliphatic carbocycles. The van der Waals surface area contributed by atoms with Gasteiger partial charge in [-0.05, 0) is 11.6 Å². The van der Waals surface area contributed by atoms with Gasteiger partial charge < -0.3 is 4.52 Å². The summed E-state index contributed by atoms with van der Waals surface area (Å²) in [6, 6.07) is 3.48. The van der Waals surface area contributed by atoms with Crippen molar-refractivity contribution in [2.45, 2.75) is 19.0 Å². The highest BCUT2D eigenvalue weighted by Crippen LogP contribution is 2.18. The number of nitrogens with zero attached hydrogens (tertiary/aromatic N) is 3. The Kier molecular flexibility index (Phi) is 3.59. The third kappa shape index (κ3) is 3.60. The molecule has 100 valence electrons. The van der Waals surface area contributed by atoms with Crippen LogP contribution in [-0.4, -0.2) is 27.1 Å². The van der Waals surface area contributed by atoms with Crippen LogP contribution < -0.4 is 0 Å². The van der Waals surface area contributed by atoms with Gasteiger partial charge in [0.05, 0.1) is 6.42 Å². The smallest absolute Gasteiger partial charge is 0.339 e. The average molecular weight is 271 g/mol. The highest BCUT2D eigenvalue weighted by Gasteiger charge is 2.39. The Labute approximate surface area is 105 Å². The van der Waals surface area contributed by atoms with Crippen molar-refractivity contribution in [1.82, 2.24) is 15.1 Å². The summed E-state index contributed by atoms with van der Waals surface area (Å²) in [5, 5.41) is 3.51. The van der Waals surface area contributed by atoms with E-state index in [1.807, 2.05) is 0 Å². The van der Waals surface area contributed by atoms with Crippen molar-refractivity contribution in [2.24, 2.45) is 0 Å². The van der Waals surface area contributed by atoms with E-state index < -0.39 is 18.4 Å². The molecule has 0 N–H and O–H groups in total. The first kappa shape index (κ1) is 13.2. The van der Waals surface area contributed by atoms with Gasteiger partial charge in [-0.15, -0.1) is 0 Å². The molecule has 0 aliphatic heterocycles. The van der Waals surface area contributed by atoms with Crippen molar-refractivity contribution in [3.63, 3.8) is 0 Å². The van der Waals surface area contributed by atoms with Crippen LogP contribution in [0.25, 0.3) is 0 Å². The summed E-state index contributed by atoms with van der Waals surface area (Å²) >= 11 is 0. The maximum atomic E-state index is 12.0. The molecule has 2 rings (SSSR count).